The van der Waals surface area contributed by atoms with Crippen LogP contribution in [-0.2, 0) is 0 Å². The molecule has 0 atom stereocenters. The molecular weight excluding hydrogens is 357 g/mol. The van der Waals surface area contributed by atoms with E-state index in [9.17, 15) is 10.1 Å². The summed E-state index contributed by atoms with van der Waals surface area (Å²) in [5, 5.41) is 17.4. The average Bonchev–Trinajstić information content (AvgIpc) is 2.95. The first kappa shape index (κ1) is 15.7. The van der Waals surface area contributed by atoms with Crippen LogP contribution in [0.2, 0.25) is 10.0 Å². The summed E-state index contributed by atoms with van der Waals surface area (Å²) in [7, 11) is 0. The van der Waals surface area contributed by atoms with Crippen molar-refractivity contribution in [1.29, 1.82) is 0 Å². The smallest absolute Gasteiger partial charge is 0.271 e. The number of nitrogens with one attached hydrogen (secondary N) is 1. The van der Waals surface area contributed by atoms with E-state index in [1.54, 1.807) is 30.3 Å². The van der Waals surface area contributed by atoms with E-state index in [-0.39, 0.29) is 5.69 Å². The number of benzene rings is 2. The summed E-state index contributed by atoms with van der Waals surface area (Å²) >= 11 is 13.4. The third kappa shape index (κ3) is 3.61. The van der Waals surface area contributed by atoms with Crippen LogP contribution in [0.1, 0.15) is 0 Å². The second-order valence-corrected chi connectivity index (χ2v) is 6.30. The number of anilines is 2. The fraction of sp³-hybridized carbons (Fsp3) is 0. The molecule has 0 amide bonds. The van der Waals surface area contributed by atoms with Crippen molar-refractivity contribution in [2.45, 2.75) is 0 Å². The number of nitrogens with zero attached hydrogens (tertiary/aromatic N) is 2. The van der Waals surface area contributed by atoms with Gasteiger partial charge in [0.05, 0.1) is 15.6 Å². The topological polar surface area (TPSA) is 68.1 Å². The Labute approximate surface area is 145 Å². The first-order valence-electron chi connectivity index (χ1n) is 6.45. The van der Waals surface area contributed by atoms with Crippen molar-refractivity contribution in [1.82, 2.24) is 4.98 Å². The summed E-state index contributed by atoms with van der Waals surface area (Å²) in [6.07, 6.45) is 0. The van der Waals surface area contributed by atoms with Gasteiger partial charge in [-0.3, -0.25) is 10.1 Å². The lowest BCUT2D eigenvalue weighted by atomic mass is 10.2. The summed E-state index contributed by atoms with van der Waals surface area (Å²) in [5.41, 5.74) is 2.11. The van der Waals surface area contributed by atoms with Gasteiger partial charge in [-0.15, -0.1) is 11.3 Å². The Morgan fingerprint density at radius 1 is 1.17 bits per heavy atom. The first-order chi connectivity index (χ1) is 11.0. The summed E-state index contributed by atoms with van der Waals surface area (Å²) < 4.78 is 0. The standard InChI is InChI=1S/C15H9Cl2N3O2S/c16-9-4-5-12(13(17)6-9)14-8-23-15(19-14)18-10-2-1-3-11(7-10)20(21)22/h1-8H,(H,18,19). The molecule has 3 rings (SSSR count). The Hall–Kier alpha value is -2.15. The van der Waals surface area contributed by atoms with Crippen LogP contribution in [0.4, 0.5) is 16.5 Å². The quantitative estimate of drug-likeness (QED) is 0.470. The minimum Gasteiger partial charge on any atom is -0.331 e. The van der Waals surface area contributed by atoms with Gasteiger partial charge in [-0.25, -0.2) is 4.98 Å². The molecule has 0 aliphatic carbocycles. The van der Waals surface area contributed by atoms with E-state index in [0.29, 0.717) is 26.6 Å². The predicted octanol–water partition coefficient (Wildman–Crippen LogP) is 5.77. The molecule has 0 aliphatic heterocycles. The second-order valence-electron chi connectivity index (χ2n) is 4.59. The second kappa shape index (κ2) is 6.54. The Morgan fingerprint density at radius 3 is 2.74 bits per heavy atom. The van der Waals surface area contributed by atoms with Crippen molar-refractivity contribution in [3.05, 3.63) is 68.0 Å². The van der Waals surface area contributed by atoms with Crippen molar-refractivity contribution < 1.29 is 4.92 Å². The van der Waals surface area contributed by atoms with Crippen LogP contribution in [0.3, 0.4) is 0 Å². The van der Waals surface area contributed by atoms with Crippen molar-refractivity contribution in [3.8, 4) is 11.3 Å². The molecule has 5 nitrogen and oxygen atoms in total. The van der Waals surface area contributed by atoms with Gasteiger partial charge in [0, 0.05) is 33.8 Å². The lowest BCUT2D eigenvalue weighted by Crippen LogP contribution is -1.92. The van der Waals surface area contributed by atoms with Crippen LogP contribution in [0.15, 0.2) is 47.8 Å². The molecule has 1 aromatic heterocycles. The molecule has 8 heteroatoms. The monoisotopic (exact) mass is 365 g/mol. The molecule has 0 saturated carbocycles. The molecule has 0 aliphatic rings. The Bertz CT molecular complexity index is 883. The van der Waals surface area contributed by atoms with Crippen LogP contribution >= 0.6 is 34.5 Å². The number of aromatic nitrogens is 1. The Balaban J connectivity index is 1.85. The molecule has 0 spiro atoms. The Kier molecular flexibility index (Phi) is 4.47. The van der Waals surface area contributed by atoms with E-state index in [1.165, 1.54) is 23.5 Å². The number of nitro benzene ring substituents is 1. The molecule has 0 saturated heterocycles. The van der Waals surface area contributed by atoms with Gasteiger partial charge in [-0.05, 0) is 24.3 Å². The van der Waals surface area contributed by atoms with Gasteiger partial charge in [0.25, 0.3) is 5.69 Å². The zero-order valence-electron chi connectivity index (χ0n) is 11.5. The van der Waals surface area contributed by atoms with Gasteiger partial charge in [0.2, 0.25) is 0 Å². The number of halogens is 2. The van der Waals surface area contributed by atoms with Crippen LogP contribution < -0.4 is 5.32 Å². The maximum Gasteiger partial charge on any atom is 0.271 e. The number of hydrogen-bond donors (Lipinski definition) is 1. The van der Waals surface area contributed by atoms with E-state index in [0.717, 1.165) is 5.56 Å². The highest BCUT2D eigenvalue weighted by atomic mass is 35.5. The van der Waals surface area contributed by atoms with E-state index in [2.05, 4.69) is 10.3 Å². The molecule has 0 unspecified atom stereocenters. The molecule has 1 heterocycles. The van der Waals surface area contributed by atoms with Gasteiger partial charge in [0.15, 0.2) is 5.13 Å². The van der Waals surface area contributed by atoms with E-state index in [4.69, 9.17) is 23.2 Å². The lowest BCUT2D eigenvalue weighted by molar-refractivity contribution is -0.384. The zero-order chi connectivity index (χ0) is 16.4. The molecular formula is C15H9Cl2N3O2S. The third-order valence-corrected chi connectivity index (χ3v) is 4.33. The highest BCUT2D eigenvalue weighted by Gasteiger charge is 2.10. The minimum absolute atomic E-state index is 0.0209. The van der Waals surface area contributed by atoms with Gasteiger partial charge in [-0.2, -0.15) is 0 Å². The average molecular weight is 366 g/mol. The first-order valence-corrected chi connectivity index (χ1v) is 8.09. The van der Waals surface area contributed by atoms with Crippen molar-refractivity contribution in [3.63, 3.8) is 0 Å². The highest BCUT2D eigenvalue weighted by molar-refractivity contribution is 7.14. The highest BCUT2D eigenvalue weighted by Crippen LogP contribution is 2.33. The van der Waals surface area contributed by atoms with Gasteiger partial charge < -0.3 is 5.32 Å². The maximum atomic E-state index is 10.8. The molecule has 2 aromatic carbocycles. The third-order valence-electron chi connectivity index (χ3n) is 3.02. The maximum absolute atomic E-state index is 10.8. The molecule has 116 valence electrons. The van der Waals surface area contributed by atoms with E-state index in [1.807, 2.05) is 5.38 Å². The molecule has 3 aromatic rings. The van der Waals surface area contributed by atoms with Crippen LogP contribution in [-0.4, -0.2) is 9.91 Å². The van der Waals surface area contributed by atoms with Gasteiger partial charge in [0.1, 0.15) is 0 Å². The largest absolute Gasteiger partial charge is 0.331 e. The summed E-state index contributed by atoms with van der Waals surface area (Å²) in [6.45, 7) is 0. The number of hydrogen-bond acceptors (Lipinski definition) is 5. The number of nitro groups is 1. The fourth-order valence-corrected chi connectivity index (χ4v) is 3.21. The summed E-state index contributed by atoms with van der Waals surface area (Å²) in [5.74, 6) is 0. The predicted molar refractivity (Wildman–Crippen MR) is 93.9 cm³/mol. The van der Waals surface area contributed by atoms with Crippen LogP contribution in [0.25, 0.3) is 11.3 Å². The minimum atomic E-state index is -0.439. The normalized spacial score (nSPS) is 10.5. The van der Waals surface area contributed by atoms with E-state index < -0.39 is 4.92 Å². The lowest BCUT2D eigenvalue weighted by Gasteiger charge is -2.03. The molecule has 23 heavy (non-hydrogen) atoms. The van der Waals surface area contributed by atoms with Gasteiger partial charge in [-0.1, -0.05) is 29.3 Å². The molecule has 0 bridgehead atoms. The zero-order valence-corrected chi connectivity index (χ0v) is 13.8. The van der Waals surface area contributed by atoms with Crippen LogP contribution in [0, 0.1) is 10.1 Å². The SMILES string of the molecule is O=[N+]([O-])c1cccc(Nc2nc(-c3ccc(Cl)cc3Cl)cs2)c1. The van der Waals surface area contributed by atoms with Gasteiger partial charge >= 0.3 is 0 Å². The summed E-state index contributed by atoms with van der Waals surface area (Å²) in [4.78, 5) is 14.8. The molecule has 0 radical (unpaired) electrons. The van der Waals surface area contributed by atoms with Crippen LogP contribution in [0.5, 0.6) is 0 Å². The number of thiazole rings is 1. The molecule has 1 N–H and O–H groups in total. The van der Waals surface area contributed by atoms with Crippen molar-refractivity contribution in [2.24, 2.45) is 0 Å². The summed E-state index contributed by atoms with van der Waals surface area (Å²) in [6, 6.07) is 11.5. The fourth-order valence-electron chi connectivity index (χ4n) is 1.97. The number of rotatable bonds is 4. The van der Waals surface area contributed by atoms with E-state index >= 15 is 0 Å². The van der Waals surface area contributed by atoms with Crippen molar-refractivity contribution in [2.75, 3.05) is 5.32 Å². The molecule has 0 fully saturated rings. The Morgan fingerprint density at radius 2 is 2.00 bits per heavy atom. The van der Waals surface area contributed by atoms with Crippen molar-refractivity contribution >= 4 is 51.0 Å². The number of non-ortho nitro benzene ring substituents is 1.